The van der Waals surface area contributed by atoms with Crippen LogP contribution >= 0.6 is 15.9 Å². The van der Waals surface area contributed by atoms with Crippen molar-refractivity contribution in [3.8, 4) is 0 Å². The second-order valence-corrected chi connectivity index (χ2v) is 5.74. The van der Waals surface area contributed by atoms with Crippen molar-refractivity contribution in [2.45, 2.75) is 26.4 Å². The Labute approximate surface area is 129 Å². The lowest BCUT2D eigenvalue weighted by Gasteiger charge is -2.27. The molecule has 2 rings (SSSR count). The molecule has 0 amide bonds. The van der Waals surface area contributed by atoms with Gasteiger partial charge in [0.1, 0.15) is 0 Å². The summed E-state index contributed by atoms with van der Waals surface area (Å²) in [6, 6.07) is 12.3. The molecule has 2 aromatic rings. The van der Waals surface area contributed by atoms with Gasteiger partial charge in [-0.05, 0) is 43.7 Å². The highest BCUT2D eigenvalue weighted by Crippen LogP contribution is 2.29. The van der Waals surface area contributed by atoms with Crippen LogP contribution in [0.5, 0.6) is 0 Å². The first-order chi connectivity index (χ1) is 9.61. The van der Waals surface area contributed by atoms with Crippen LogP contribution in [0.15, 0.2) is 47.1 Å². The highest BCUT2D eigenvalue weighted by Gasteiger charge is 2.14. The summed E-state index contributed by atoms with van der Waals surface area (Å²) in [7, 11) is 0. The summed E-state index contributed by atoms with van der Waals surface area (Å²) in [5, 5.41) is 0. The van der Waals surface area contributed by atoms with Gasteiger partial charge in [0, 0.05) is 28.9 Å². The Balaban J connectivity index is 2.34. The summed E-state index contributed by atoms with van der Waals surface area (Å²) in [4.78, 5) is 6.70. The lowest BCUT2D eigenvalue weighted by atomic mass is 10.1. The molecule has 1 unspecified atom stereocenters. The summed E-state index contributed by atoms with van der Waals surface area (Å²) >= 11 is 3.55. The summed E-state index contributed by atoms with van der Waals surface area (Å²) in [6.45, 7) is 5.86. The van der Waals surface area contributed by atoms with Crippen molar-refractivity contribution < 1.29 is 0 Å². The molecule has 0 aliphatic carbocycles. The molecule has 0 saturated heterocycles. The van der Waals surface area contributed by atoms with Gasteiger partial charge in [-0.1, -0.05) is 28.1 Å². The normalized spacial score (nSPS) is 12.2. The minimum Gasteiger partial charge on any atom is -0.366 e. The lowest BCUT2D eigenvalue weighted by molar-refractivity contribution is 0.768. The lowest BCUT2D eigenvalue weighted by Crippen LogP contribution is -2.25. The maximum Gasteiger partial charge on any atom is 0.0602 e. The van der Waals surface area contributed by atoms with Gasteiger partial charge in [0.2, 0.25) is 0 Å². The van der Waals surface area contributed by atoms with Crippen LogP contribution in [0.1, 0.15) is 31.1 Å². The number of pyridine rings is 1. The van der Waals surface area contributed by atoms with E-state index in [9.17, 15) is 0 Å². The Morgan fingerprint density at radius 3 is 2.70 bits per heavy atom. The van der Waals surface area contributed by atoms with E-state index < -0.39 is 0 Å². The first-order valence-corrected chi connectivity index (χ1v) is 7.61. The molecule has 2 N–H and O–H groups in total. The molecule has 0 aliphatic heterocycles. The number of benzene rings is 1. The van der Waals surface area contributed by atoms with Crippen LogP contribution in [-0.2, 0) is 6.54 Å². The third-order valence-corrected chi connectivity index (χ3v) is 3.78. The van der Waals surface area contributed by atoms with E-state index in [0.29, 0.717) is 0 Å². The molecule has 1 heterocycles. The van der Waals surface area contributed by atoms with Gasteiger partial charge in [-0.25, -0.2) is 0 Å². The van der Waals surface area contributed by atoms with Gasteiger partial charge in [0.05, 0.1) is 12.2 Å². The SMILES string of the molecule is CCN(Cc1ccccn1)c1cc(Br)ccc1C(C)N. The fourth-order valence-corrected chi connectivity index (χ4v) is 2.58. The number of nitrogens with zero attached hydrogens (tertiary/aromatic N) is 2. The van der Waals surface area contributed by atoms with Crippen LogP contribution in [-0.4, -0.2) is 11.5 Å². The quantitative estimate of drug-likeness (QED) is 0.902. The van der Waals surface area contributed by atoms with Crippen molar-refractivity contribution in [1.82, 2.24) is 4.98 Å². The van der Waals surface area contributed by atoms with Gasteiger partial charge < -0.3 is 10.6 Å². The van der Waals surface area contributed by atoms with Gasteiger partial charge in [0.25, 0.3) is 0 Å². The zero-order valence-corrected chi connectivity index (χ0v) is 13.5. The van der Waals surface area contributed by atoms with Gasteiger partial charge in [0.15, 0.2) is 0 Å². The minimum atomic E-state index is 0.0101. The van der Waals surface area contributed by atoms with E-state index in [2.05, 4.69) is 44.9 Å². The maximum absolute atomic E-state index is 6.09. The minimum absolute atomic E-state index is 0.0101. The van der Waals surface area contributed by atoms with Crippen molar-refractivity contribution >= 4 is 21.6 Å². The van der Waals surface area contributed by atoms with E-state index in [1.54, 1.807) is 0 Å². The molecular weight excluding hydrogens is 314 g/mol. The first kappa shape index (κ1) is 15.0. The number of nitrogens with two attached hydrogens (primary N) is 1. The number of rotatable bonds is 5. The van der Waals surface area contributed by atoms with Crippen molar-refractivity contribution in [3.63, 3.8) is 0 Å². The number of hydrogen-bond acceptors (Lipinski definition) is 3. The van der Waals surface area contributed by atoms with E-state index in [-0.39, 0.29) is 6.04 Å². The maximum atomic E-state index is 6.09. The molecule has 0 saturated carbocycles. The average molecular weight is 334 g/mol. The molecule has 0 aliphatic rings. The molecule has 3 nitrogen and oxygen atoms in total. The topological polar surface area (TPSA) is 42.2 Å². The highest BCUT2D eigenvalue weighted by atomic mass is 79.9. The standard InChI is InChI=1S/C16H20BrN3/c1-3-20(11-14-6-4-5-9-19-14)16-10-13(17)7-8-15(16)12(2)18/h4-10,12H,3,11,18H2,1-2H3. The molecule has 0 fully saturated rings. The molecule has 20 heavy (non-hydrogen) atoms. The molecule has 0 bridgehead atoms. The molecule has 106 valence electrons. The first-order valence-electron chi connectivity index (χ1n) is 6.81. The molecule has 1 atom stereocenters. The number of halogens is 1. The van der Waals surface area contributed by atoms with Gasteiger partial charge in [-0.3, -0.25) is 4.98 Å². The van der Waals surface area contributed by atoms with Crippen LogP contribution in [0.4, 0.5) is 5.69 Å². The second kappa shape index (κ2) is 6.86. The average Bonchev–Trinajstić information content (AvgIpc) is 2.45. The summed E-state index contributed by atoms with van der Waals surface area (Å²) in [6.07, 6.45) is 1.83. The second-order valence-electron chi connectivity index (χ2n) is 4.83. The Morgan fingerprint density at radius 2 is 2.10 bits per heavy atom. The summed E-state index contributed by atoms with van der Waals surface area (Å²) in [5.41, 5.74) is 9.48. The Hall–Kier alpha value is -1.39. The molecular formula is C16H20BrN3. The largest absolute Gasteiger partial charge is 0.366 e. The number of anilines is 1. The predicted octanol–water partition coefficient (Wildman–Crippen LogP) is 3.89. The molecule has 0 spiro atoms. The molecule has 0 radical (unpaired) electrons. The van der Waals surface area contributed by atoms with Crippen LogP contribution in [0.2, 0.25) is 0 Å². The zero-order valence-electron chi connectivity index (χ0n) is 11.9. The Bertz CT molecular complexity index is 555. The summed E-state index contributed by atoms with van der Waals surface area (Å²) < 4.78 is 1.07. The zero-order chi connectivity index (χ0) is 14.5. The number of hydrogen-bond donors (Lipinski definition) is 1. The molecule has 1 aromatic carbocycles. The van der Waals surface area contributed by atoms with E-state index >= 15 is 0 Å². The van der Waals surface area contributed by atoms with Crippen LogP contribution in [0.3, 0.4) is 0 Å². The predicted molar refractivity (Wildman–Crippen MR) is 87.7 cm³/mol. The van der Waals surface area contributed by atoms with Crippen LogP contribution < -0.4 is 10.6 Å². The highest BCUT2D eigenvalue weighted by molar-refractivity contribution is 9.10. The van der Waals surface area contributed by atoms with Crippen LogP contribution in [0, 0.1) is 0 Å². The van der Waals surface area contributed by atoms with Gasteiger partial charge in [-0.2, -0.15) is 0 Å². The number of aromatic nitrogens is 1. The van der Waals surface area contributed by atoms with E-state index in [4.69, 9.17) is 5.73 Å². The van der Waals surface area contributed by atoms with Gasteiger partial charge in [-0.15, -0.1) is 0 Å². The van der Waals surface area contributed by atoms with E-state index in [1.165, 1.54) is 5.69 Å². The van der Waals surface area contributed by atoms with E-state index in [0.717, 1.165) is 28.8 Å². The fraction of sp³-hybridized carbons (Fsp3) is 0.312. The third kappa shape index (κ3) is 3.58. The Kier molecular flexibility index (Phi) is 5.15. The monoisotopic (exact) mass is 333 g/mol. The van der Waals surface area contributed by atoms with Gasteiger partial charge >= 0.3 is 0 Å². The fourth-order valence-electron chi connectivity index (χ4n) is 2.23. The smallest absolute Gasteiger partial charge is 0.0602 e. The van der Waals surface area contributed by atoms with Crippen LogP contribution in [0.25, 0.3) is 0 Å². The van der Waals surface area contributed by atoms with Crippen molar-refractivity contribution in [1.29, 1.82) is 0 Å². The molecule has 4 heteroatoms. The Morgan fingerprint density at radius 1 is 1.30 bits per heavy atom. The van der Waals surface area contributed by atoms with Crippen molar-refractivity contribution in [2.75, 3.05) is 11.4 Å². The van der Waals surface area contributed by atoms with Crippen molar-refractivity contribution in [2.24, 2.45) is 5.73 Å². The van der Waals surface area contributed by atoms with Crippen molar-refractivity contribution in [3.05, 3.63) is 58.3 Å². The summed E-state index contributed by atoms with van der Waals surface area (Å²) in [5.74, 6) is 0. The third-order valence-electron chi connectivity index (χ3n) is 3.28. The molecule has 1 aromatic heterocycles. The van der Waals surface area contributed by atoms with E-state index in [1.807, 2.05) is 37.4 Å².